The summed E-state index contributed by atoms with van der Waals surface area (Å²) in [6, 6.07) is 7.99. The summed E-state index contributed by atoms with van der Waals surface area (Å²) < 4.78 is 0. The van der Waals surface area contributed by atoms with Crippen molar-refractivity contribution in [3.63, 3.8) is 0 Å². The highest BCUT2D eigenvalue weighted by atomic mass is 16.4. The van der Waals surface area contributed by atoms with Crippen molar-refractivity contribution in [2.45, 2.75) is 70.4 Å². The summed E-state index contributed by atoms with van der Waals surface area (Å²) in [5, 5.41) is 19.1. The normalized spacial score (nSPS) is 18.4. The van der Waals surface area contributed by atoms with Gasteiger partial charge in [0.25, 0.3) is 0 Å². The lowest BCUT2D eigenvalue weighted by Gasteiger charge is -2.22. The molecule has 1 amide bonds. The molecule has 1 fully saturated rings. The minimum absolute atomic E-state index is 0.0422. The van der Waals surface area contributed by atoms with Crippen LogP contribution in [0.3, 0.4) is 0 Å². The van der Waals surface area contributed by atoms with Crippen molar-refractivity contribution in [2.24, 2.45) is 0 Å². The molecule has 27 heavy (non-hydrogen) atoms. The van der Waals surface area contributed by atoms with Crippen LogP contribution in [0, 0.1) is 0 Å². The van der Waals surface area contributed by atoms with Gasteiger partial charge in [-0.3, -0.25) is 9.59 Å². The maximum absolute atomic E-state index is 12.1. The molecule has 1 aromatic carbocycles. The van der Waals surface area contributed by atoms with Gasteiger partial charge in [-0.05, 0) is 36.8 Å². The Bertz CT molecular complexity index is 655. The summed E-state index contributed by atoms with van der Waals surface area (Å²) in [6.45, 7) is 2.79. The van der Waals surface area contributed by atoms with Crippen molar-refractivity contribution in [1.29, 1.82) is 0 Å². The van der Waals surface area contributed by atoms with E-state index < -0.39 is 12.1 Å². The molecule has 1 aromatic rings. The lowest BCUT2D eigenvalue weighted by atomic mass is 10.0. The third kappa shape index (κ3) is 6.83. The average molecular weight is 373 g/mol. The monoisotopic (exact) mass is 373 g/mol. The molecule has 1 aliphatic heterocycles. The van der Waals surface area contributed by atoms with Gasteiger partial charge in [0, 0.05) is 19.4 Å². The van der Waals surface area contributed by atoms with Crippen LogP contribution in [0.25, 0.3) is 0 Å². The van der Waals surface area contributed by atoms with Crippen LogP contribution in [0.5, 0.6) is 0 Å². The minimum atomic E-state index is -0.752. The Morgan fingerprint density at radius 3 is 2.81 bits per heavy atom. The number of hydrogen-bond donors (Lipinski definition) is 2. The van der Waals surface area contributed by atoms with Gasteiger partial charge in [-0.2, -0.15) is 0 Å². The fourth-order valence-electron chi connectivity index (χ4n) is 3.50. The highest BCUT2D eigenvalue weighted by Crippen LogP contribution is 2.23. The Balaban J connectivity index is 1.83. The van der Waals surface area contributed by atoms with Crippen LogP contribution in [-0.2, 0) is 16.0 Å². The number of carboxylic acid groups (broad SMARTS) is 1. The molecule has 0 aromatic heterocycles. The maximum Gasteiger partial charge on any atom is 0.303 e. The summed E-state index contributed by atoms with van der Waals surface area (Å²) in [4.78, 5) is 24.5. The highest BCUT2D eigenvalue weighted by molar-refractivity contribution is 5.79. The molecule has 2 rings (SSSR count). The van der Waals surface area contributed by atoms with E-state index in [0.29, 0.717) is 19.4 Å². The smallest absolute Gasteiger partial charge is 0.303 e. The van der Waals surface area contributed by atoms with Gasteiger partial charge >= 0.3 is 5.97 Å². The summed E-state index contributed by atoms with van der Waals surface area (Å²) in [5.41, 5.74) is 2.07. The average Bonchev–Trinajstić information content (AvgIpc) is 3.02. The highest BCUT2D eigenvalue weighted by Gasteiger charge is 2.28. The molecule has 0 radical (unpaired) electrons. The van der Waals surface area contributed by atoms with E-state index in [0.717, 1.165) is 37.7 Å². The van der Waals surface area contributed by atoms with E-state index in [2.05, 4.69) is 6.92 Å². The predicted molar refractivity (Wildman–Crippen MR) is 105 cm³/mol. The molecule has 2 atom stereocenters. The van der Waals surface area contributed by atoms with E-state index in [1.54, 1.807) is 6.08 Å². The summed E-state index contributed by atoms with van der Waals surface area (Å²) in [7, 11) is 0. The number of amides is 1. The van der Waals surface area contributed by atoms with E-state index in [1.165, 1.54) is 5.56 Å². The number of rotatable bonds is 11. The molecule has 5 heteroatoms. The van der Waals surface area contributed by atoms with E-state index in [1.807, 2.05) is 35.2 Å². The van der Waals surface area contributed by atoms with Gasteiger partial charge in [-0.25, -0.2) is 0 Å². The maximum atomic E-state index is 12.1. The lowest BCUT2D eigenvalue weighted by Crippen LogP contribution is -2.32. The van der Waals surface area contributed by atoms with Crippen LogP contribution in [0.15, 0.2) is 36.4 Å². The quantitative estimate of drug-likeness (QED) is 0.456. The van der Waals surface area contributed by atoms with Gasteiger partial charge in [0.2, 0.25) is 5.91 Å². The number of aliphatic carboxylic acids is 1. The number of hydrogen-bond acceptors (Lipinski definition) is 3. The molecular formula is C22H31NO4. The van der Waals surface area contributed by atoms with Gasteiger partial charge in [-0.15, -0.1) is 0 Å². The number of aliphatic hydroxyl groups excluding tert-OH is 1. The number of carbonyl (C=O) groups is 2. The van der Waals surface area contributed by atoms with Crippen LogP contribution < -0.4 is 0 Å². The van der Waals surface area contributed by atoms with Crippen molar-refractivity contribution < 1.29 is 19.8 Å². The molecule has 0 spiro atoms. The van der Waals surface area contributed by atoms with Crippen LogP contribution in [-0.4, -0.2) is 39.6 Å². The van der Waals surface area contributed by atoms with Crippen molar-refractivity contribution in [1.82, 2.24) is 4.90 Å². The van der Waals surface area contributed by atoms with Crippen molar-refractivity contribution in [3.05, 3.63) is 47.5 Å². The van der Waals surface area contributed by atoms with E-state index in [9.17, 15) is 14.7 Å². The number of carboxylic acids is 1. The van der Waals surface area contributed by atoms with Crippen LogP contribution in [0.4, 0.5) is 0 Å². The molecule has 5 nitrogen and oxygen atoms in total. The number of benzene rings is 1. The van der Waals surface area contributed by atoms with Gasteiger partial charge in [0.05, 0.1) is 12.1 Å². The summed E-state index contributed by atoms with van der Waals surface area (Å²) in [6.07, 6.45) is 8.95. The van der Waals surface area contributed by atoms with Gasteiger partial charge in [0.15, 0.2) is 0 Å². The number of aryl methyl sites for hydroxylation is 1. The first-order valence-electron chi connectivity index (χ1n) is 9.97. The summed E-state index contributed by atoms with van der Waals surface area (Å²) >= 11 is 0. The number of likely N-dealkylation sites (tertiary alicyclic amines) is 1. The zero-order valence-electron chi connectivity index (χ0n) is 16.1. The van der Waals surface area contributed by atoms with Crippen LogP contribution >= 0.6 is 0 Å². The Morgan fingerprint density at radius 1 is 1.30 bits per heavy atom. The molecule has 1 unspecified atom stereocenters. The fraction of sp³-hybridized carbons (Fsp3) is 0.545. The first-order valence-corrected chi connectivity index (χ1v) is 9.97. The van der Waals surface area contributed by atoms with Crippen molar-refractivity contribution in [3.8, 4) is 0 Å². The zero-order valence-corrected chi connectivity index (χ0v) is 16.1. The Morgan fingerprint density at radius 2 is 2.07 bits per heavy atom. The summed E-state index contributed by atoms with van der Waals surface area (Å²) in [5.74, 6) is -0.587. The second kappa shape index (κ2) is 10.9. The van der Waals surface area contributed by atoms with Gasteiger partial charge < -0.3 is 15.1 Å². The Kier molecular flexibility index (Phi) is 8.52. The first kappa shape index (κ1) is 21.2. The zero-order chi connectivity index (χ0) is 19.6. The second-order valence-corrected chi connectivity index (χ2v) is 7.18. The van der Waals surface area contributed by atoms with E-state index >= 15 is 0 Å². The standard InChI is InChI=1S/C22H31NO4/c1-2-17-8-7-9-18(16-17)20(24)13-11-19-12-14-21(25)23(19)15-6-4-3-5-10-22(26)27/h7-9,11,13,16,19-20,24H,2-6,10,12,14-15H2,1H3,(H,26,27)/b13-11+/t19-,20?/m0/s1. The number of aliphatic hydroxyl groups is 1. The number of carbonyl (C=O) groups excluding carboxylic acids is 1. The van der Waals surface area contributed by atoms with Crippen molar-refractivity contribution in [2.75, 3.05) is 6.54 Å². The largest absolute Gasteiger partial charge is 0.481 e. The van der Waals surface area contributed by atoms with Gasteiger partial charge in [0.1, 0.15) is 0 Å². The molecule has 1 aliphatic rings. The molecule has 0 saturated carbocycles. The molecule has 1 saturated heterocycles. The second-order valence-electron chi connectivity index (χ2n) is 7.18. The molecule has 0 aliphatic carbocycles. The molecule has 0 bridgehead atoms. The van der Waals surface area contributed by atoms with Crippen LogP contribution in [0.1, 0.15) is 69.1 Å². The predicted octanol–water partition coefficient (Wildman–Crippen LogP) is 3.86. The van der Waals surface area contributed by atoms with E-state index in [-0.39, 0.29) is 18.4 Å². The van der Waals surface area contributed by atoms with E-state index in [4.69, 9.17) is 5.11 Å². The SMILES string of the molecule is CCc1cccc(C(O)/C=C/[C@H]2CCC(=O)N2CCCCCCC(=O)O)c1. The molecule has 1 heterocycles. The molecular weight excluding hydrogens is 342 g/mol. The Labute approximate surface area is 161 Å². The molecule has 148 valence electrons. The third-order valence-corrected chi connectivity index (χ3v) is 5.13. The van der Waals surface area contributed by atoms with Gasteiger partial charge in [-0.1, -0.05) is 56.2 Å². The van der Waals surface area contributed by atoms with Crippen LogP contribution in [0.2, 0.25) is 0 Å². The fourth-order valence-corrected chi connectivity index (χ4v) is 3.50. The third-order valence-electron chi connectivity index (χ3n) is 5.13. The topological polar surface area (TPSA) is 77.8 Å². The first-order chi connectivity index (χ1) is 13.0. The Hall–Kier alpha value is -2.14. The number of nitrogens with zero attached hydrogens (tertiary/aromatic N) is 1. The number of unbranched alkanes of at least 4 members (excludes halogenated alkanes) is 3. The minimum Gasteiger partial charge on any atom is -0.481 e. The van der Waals surface area contributed by atoms with Crippen molar-refractivity contribution >= 4 is 11.9 Å². The molecule has 2 N–H and O–H groups in total. The lowest BCUT2D eigenvalue weighted by molar-refractivity contribution is -0.137.